The lowest BCUT2D eigenvalue weighted by atomic mass is 9.98. The molecule has 234 valence electrons. The first-order valence-corrected chi connectivity index (χ1v) is 16.0. The summed E-state index contributed by atoms with van der Waals surface area (Å²) >= 11 is 0. The quantitative estimate of drug-likeness (QED) is 0.184. The van der Waals surface area contributed by atoms with Crippen molar-refractivity contribution < 1.29 is 22.2 Å². The van der Waals surface area contributed by atoms with E-state index < -0.39 is 66.5 Å². The zero-order valence-corrected chi connectivity index (χ0v) is 26.2. The summed E-state index contributed by atoms with van der Waals surface area (Å²) in [5.74, 6) is 0. The van der Waals surface area contributed by atoms with Gasteiger partial charge in [0.2, 0.25) is 0 Å². The van der Waals surface area contributed by atoms with Crippen molar-refractivity contribution in [1.82, 2.24) is 0 Å². The summed E-state index contributed by atoms with van der Waals surface area (Å²) < 4.78 is 125. The van der Waals surface area contributed by atoms with E-state index in [1.54, 1.807) is 36.4 Å². The number of benzene rings is 9. The molecule has 0 saturated heterocycles. The van der Waals surface area contributed by atoms with Gasteiger partial charge in [0.15, 0.2) is 0 Å². The van der Waals surface area contributed by atoms with E-state index in [-0.39, 0.29) is 67.4 Å². The molecule has 0 amide bonds. The van der Waals surface area contributed by atoms with Gasteiger partial charge in [0, 0.05) is 22.1 Å². The number of furan rings is 1. The second-order valence-electron chi connectivity index (χ2n) is 11.9. The Labute approximate surface area is 308 Å². The van der Waals surface area contributed by atoms with Crippen molar-refractivity contribution in [3.63, 3.8) is 0 Å². The van der Waals surface area contributed by atoms with Gasteiger partial charge in [-0.3, -0.25) is 0 Å². The van der Waals surface area contributed by atoms with E-state index in [0.717, 1.165) is 27.3 Å². The van der Waals surface area contributed by atoms with Crippen LogP contribution in [0.15, 0.2) is 192 Å². The highest BCUT2D eigenvalue weighted by Crippen LogP contribution is 2.45. The molecule has 1 heterocycles. The fourth-order valence-corrected chi connectivity index (χ4v) is 6.66. The number of hydrogen-bond acceptors (Lipinski definition) is 2. The van der Waals surface area contributed by atoms with Crippen LogP contribution in [-0.2, 0) is 0 Å². The van der Waals surface area contributed by atoms with Crippen molar-refractivity contribution in [1.29, 1.82) is 0 Å². The van der Waals surface area contributed by atoms with Gasteiger partial charge >= 0.3 is 0 Å². The fourth-order valence-electron chi connectivity index (χ4n) is 6.66. The molecule has 10 rings (SSSR count). The van der Waals surface area contributed by atoms with Gasteiger partial charge in [0.25, 0.3) is 0 Å². The Morgan fingerprint density at radius 3 is 2.08 bits per heavy atom. The Kier molecular flexibility index (Phi) is 4.19. The predicted molar refractivity (Wildman–Crippen MR) is 212 cm³/mol. The minimum Gasteiger partial charge on any atom is -0.455 e. The maximum absolute atomic E-state index is 9.64. The Morgan fingerprint density at radius 1 is 0.440 bits per heavy atom. The van der Waals surface area contributed by atoms with E-state index in [4.69, 9.17) is 14.0 Å². The summed E-state index contributed by atoms with van der Waals surface area (Å²) in [6.07, 6.45) is 0. The number of hydrogen-bond donors (Lipinski definition) is 0. The summed E-state index contributed by atoms with van der Waals surface area (Å²) in [7, 11) is 0. The molecule has 2 heteroatoms. The van der Waals surface area contributed by atoms with E-state index in [1.807, 2.05) is 72.8 Å². The zero-order valence-electron chi connectivity index (χ0n) is 39.2. The normalized spacial score (nSPS) is 15.2. The van der Waals surface area contributed by atoms with Crippen LogP contribution in [0.4, 0.5) is 17.1 Å². The first kappa shape index (κ1) is 18.2. The summed E-state index contributed by atoms with van der Waals surface area (Å²) in [5.41, 5.74) is 1.22. The molecule has 0 fully saturated rings. The molecule has 0 aliphatic heterocycles. The molecule has 50 heavy (non-hydrogen) atoms. The first-order chi connectivity index (χ1) is 30.2. The van der Waals surface area contributed by atoms with Crippen LogP contribution in [0.2, 0.25) is 0 Å². The van der Waals surface area contributed by atoms with Gasteiger partial charge in [-0.05, 0) is 97.6 Å². The van der Waals surface area contributed by atoms with Crippen molar-refractivity contribution in [2.45, 2.75) is 0 Å². The lowest BCUT2D eigenvalue weighted by Gasteiger charge is -2.26. The minimum atomic E-state index is -0.638. The van der Waals surface area contributed by atoms with E-state index in [9.17, 15) is 8.22 Å². The van der Waals surface area contributed by atoms with Gasteiger partial charge in [0.1, 0.15) is 11.2 Å². The van der Waals surface area contributed by atoms with Gasteiger partial charge in [0.05, 0.1) is 28.9 Å². The number of rotatable bonds is 5. The third-order valence-corrected chi connectivity index (χ3v) is 9.06. The molecule has 0 radical (unpaired) electrons. The number of anilines is 3. The highest BCUT2D eigenvalue weighted by Gasteiger charge is 2.20. The van der Waals surface area contributed by atoms with Crippen LogP contribution in [-0.4, -0.2) is 0 Å². The fraction of sp³-hybridized carbons (Fsp3) is 0. The molecule has 1 aromatic heterocycles. The van der Waals surface area contributed by atoms with Crippen LogP contribution < -0.4 is 4.90 Å². The Balaban J connectivity index is 1.32. The summed E-state index contributed by atoms with van der Waals surface area (Å²) in [5, 5.41) is 2.74. The topological polar surface area (TPSA) is 16.4 Å². The summed E-state index contributed by atoms with van der Waals surface area (Å²) in [6.45, 7) is 0. The van der Waals surface area contributed by atoms with E-state index in [2.05, 4.69) is 0 Å². The molecular weight excluding hydrogens is 607 g/mol. The average molecular weight is 651 g/mol. The van der Waals surface area contributed by atoms with Crippen molar-refractivity contribution in [2.75, 3.05) is 4.90 Å². The Hall–Kier alpha value is -6.64. The van der Waals surface area contributed by atoms with E-state index >= 15 is 0 Å². The smallest absolute Gasteiger partial charge is 0.143 e. The molecule has 0 aliphatic rings. The Bertz CT molecular complexity index is 3590. The van der Waals surface area contributed by atoms with Gasteiger partial charge in [-0.2, -0.15) is 0 Å². The molecule has 10 aromatic rings. The minimum absolute atomic E-state index is 0.0396. The molecule has 0 saturated carbocycles. The lowest BCUT2D eigenvalue weighted by Crippen LogP contribution is -2.10. The van der Waals surface area contributed by atoms with E-state index in [1.165, 1.54) is 4.90 Å². The monoisotopic (exact) mass is 650 g/mol. The number of fused-ring (bicyclic) bond motifs is 7. The van der Waals surface area contributed by atoms with Crippen LogP contribution >= 0.6 is 0 Å². The second-order valence-corrected chi connectivity index (χ2v) is 11.9. The maximum Gasteiger partial charge on any atom is 0.143 e. The highest BCUT2D eigenvalue weighted by atomic mass is 16.3. The second kappa shape index (κ2) is 11.5. The van der Waals surface area contributed by atoms with Crippen molar-refractivity contribution in [3.8, 4) is 22.3 Å². The van der Waals surface area contributed by atoms with E-state index in [0.29, 0.717) is 10.9 Å². The third-order valence-electron chi connectivity index (χ3n) is 9.06. The van der Waals surface area contributed by atoms with Crippen LogP contribution in [0, 0.1) is 0 Å². The van der Waals surface area contributed by atoms with Crippen molar-refractivity contribution in [2.24, 2.45) is 0 Å². The lowest BCUT2D eigenvalue weighted by molar-refractivity contribution is 0.672. The molecule has 0 N–H and O–H groups in total. The van der Waals surface area contributed by atoms with Gasteiger partial charge in [-0.1, -0.05) is 139 Å². The third kappa shape index (κ3) is 4.65. The molecular formula is C48H31NO. The Morgan fingerprint density at radius 2 is 1.20 bits per heavy atom. The predicted octanol–water partition coefficient (Wildman–Crippen LogP) is 13.8. The molecule has 0 aliphatic carbocycles. The van der Waals surface area contributed by atoms with Crippen LogP contribution in [0.1, 0.15) is 17.8 Å². The van der Waals surface area contributed by atoms with Crippen LogP contribution in [0.3, 0.4) is 0 Å². The molecule has 0 unspecified atom stereocenters. The molecule has 0 bridgehead atoms. The van der Waals surface area contributed by atoms with Crippen LogP contribution in [0.25, 0.3) is 76.5 Å². The average Bonchev–Trinajstić information content (AvgIpc) is 3.70. The zero-order chi connectivity index (χ0) is 44.3. The van der Waals surface area contributed by atoms with Gasteiger partial charge < -0.3 is 9.32 Å². The van der Waals surface area contributed by atoms with Crippen molar-refractivity contribution in [3.05, 3.63) is 188 Å². The summed E-state index contributed by atoms with van der Waals surface area (Å²) in [6, 6.07) is 26.6. The number of nitrogens with zero attached hydrogens (tertiary/aromatic N) is 1. The van der Waals surface area contributed by atoms with Gasteiger partial charge in [-0.25, -0.2) is 0 Å². The molecule has 0 spiro atoms. The molecule has 2 nitrogen and oxygen atoms in total. The SMILES string of the molecule is [2H]c1c([2H])c(N(c2ccc(-c3ccc4ccccc4c3)cc2)c2c([2H])c([2H])c([2H])c3oc4c5c([2H])c([2H])c([2H])c([2H])c5c([2H])c([2H])c4c23)c([2H])c([2H])c1-c1cccc2ccccc12. The van der Waals surface area contributed by atoms with Crippen LogP contribution in [0.5, 0.6) is 0 Å². The molecule has 0 atom stereocenters. The van der Waals surface area contributed by atoms with Gasteiger partial charge in [-0.15, -0.1) is 0 Å². The maximum atomic E-state index is 9.64. The molecule has 9 aromatic carbocycles. The standard InChI is InChI=1S/C48H31NO/c1-2-12-37-31-38(20-19-32(37)9-1)33-21-26-39(27-22-33)49(40-28-23-36(24-29-40)42-16-7-13-34-10-3-5-14-41(34)42)45-17-8-18-46-47(45)44-30-25-35-11-4-6-15-43(35)48(44)50-46/h1-31H/i4D,6D,8D,11D,15D,17D,18D,23D,24D,25D,28D,29D,30D. The first-order valence-electron chi connectivity index (χ1n) is 22.5. The van der Waals surface area contributed by atoms with Crippen molar-refractivity contribution >= 4 is 71.3 Å². The summed E-state index contributed by atoms with van der Waals surface area (Å²) in [4.78, 5) is 1.29. The largest absolute Gasteiger partial charge is 0.455 e. The highest BCUT2D eigenvalue weighted by molar-refractivity contribution is 6.19.